The molecule has 1 aliphatic heterocycles. The molecule has 6 heteroatoms. The lowest BCUT2D eigenvalue weighted by molar-refractivity contribution is 0.0946. The van der Waals surface area contributed by atoms with Gasteiger partial charge >= 0.3 is 0 Å². The van der Waals surface area contributed by atoms with Crippen LogP contribution in [0.2, 0.25) is 0 Å². The minimum absolute atomic E-state index is 0.148. The molecule has 24 heavy (non-hydrogen) atoms. The van der Waals surface area contributed by atoms with E-state index in [0.29, 0.717) is 18.8 Å². The Morgan fingerprint density at radius 2 is 2.25 bits per heavy atom. The van der Waals surface area contributed by atoms with Crippen molar-refractivity contribution in [2.75, 3.05) is 6.54 Å². The number of carbonyl (C=O) groups excluding carboxylic acids is 1. The number of fused-ring (bicyclic) bond motifs is 3. The Bertz CT molecular complexity index is 884. The van der Waals surface area contributed by atoms with Gasteiger partial charge in [0.1, 0.15) is 12.4 Å². The normalized spacial score (nSPS) is 12.2. The van der Waals surface area contributed by atoms with Gasteiger partial charge in [0.05, 0.1) is 5.69 Å². The van der Waals surface area contributed by atoms with Crippen LogP contribution in [0.5, 0.6) is 5.75 Å². The van der Waals surface area contributed by atoms with Crippen molar-refractivity contribution < 1.29 is 9.53 Å². The lowest BCUT2D eigenvalue weighted by atomic mass is 10.0. The molecular weight excluding hydrogens is 322 g/mol. The average Bonchev–Trinajstić information content (AvgIpc) is 3.23. The van der Waals surface area contributed by atoms with Gasteiger partial charge < -0.3 is 10.1 Å². The maximum Gasteiger partial charge on any atom is 0.272 e. The summed E-state index contributed by atoms with van der Waals surface area (Å²) in [6.07, 6.45) is 0.823. The molecule has 1 N–H and O–H groups in total. The van der Waals surface area contributed by atoms with E-state index in [2.05, 4.69) is 21.9 Å². The van der Waals surface area contributed by atoms with Crippen molar-refractivity contribution in [3.8, 4) is 17.0 Å². The Balaban J connectivity index is 1.56. The quantitative estimate of drug-likeness (QED) is 0.795. The smallest absolute Gasteiger partial charge is 0.272 e. The van der Waals surface area contributed by atoms with Crippen molar-refractivity contribution in [2.24, 2.45) is 7.05 Å². The molecule has 0 bridgehead atoms. The van der Waals surface area contributed by atoms with Gasteiger partial charge in [-0.15, -0.1) is 0 Å². The monoisotopic (exact) mass is 339 g/mol. The lowest BCUT2D eigenvalue weighted by Crippen LogP contribution is -2.27. The maximum atomic E-state index is 12.5. The fraction of sp³-hybridized carbons (Fsp3) is 0.222. The van der Waals surface area contributed by atoms with E-state index in [9.17, 15) is 4.79 Å². The number of nitrogens with zero attached hydrogens (tertiary/aromatic N) is 2. The van der Waals surface area contributed by atoms with Crippen molar-refractivity contribution in [1.29, 1.82) is 0 Å². The van der Waals surface area contributed by atoms with E-state index in [4.69, 9.17) is 4.74 Å². The molecule has 0 unspecified atom stereocenters. The molecular formula is C18H17N3O2S. The van der Waals surface area contributed by atoms with Crippen molar-refractivity contribution in [2.45, 2.75) is 13.0 Å². The average molecular weight is 339 g/mol. The van der Waals surface area contributed by atoms with E-state index >= 15 is 0 Å². The predicted octanol–water partition coefficient (Wildman–Crippen LogP) is 3.01. The van der Waals surface area contributed by atoms with Gasteiger partial charge in [0.25, 0.3) is 5.91 Å². The van der Waals surface area contributed by atoms with Crippen molar-refractivity contribution in [3.05, 3.63) is 57.9 Å². The van der Waals surface area contributed by atoms with E-state index in [1.807, 2.05) is 36.7 Å². The summed E-state index contributed by atoms with van der Waals surface area (Å²) < 4.78 is 7.55. The fourth-order valence-electron chi connectivity index (χ4n) is 3.00. The standard InChI is InChI=1S/C18H17N3O2S/c1-21-17-13-4-2-3-5-15(13)23-10-14(17)16(20-21)18(22)19-8-6-12-7-9-24-11-12/h2-5,7,9,11H,6,8,10H2,1H3,(H,19,22). The van der Waals surface area contributed by atoms with Crippen LogP contribution in [0, 0.1) is 0 Å². The molecule has 1 aliphatic rings. The Hall–Kier alpha value is -2.60. The summed E-state index contributed by atoms with van der Waals surface area (Å²) in [5, 5.41) is 11.5. The van der Waals surface area contributed by atoms with Crippen LogP contribution < -0.4 is 10.1 Å². The summed E-state index contributed by atoms with van der Waals surface area (Å²) >= 11 is 1.67. The van der Waals surface area contributed by atoms with Gasteiger partial charge in [0, 0.05) is 24.7 Å². The highest BCUT2D eigenvalue weighted by Crippen LogP contribution is 2.38. The Morgan fingerprint density at radius 1 is 1.38 bits per heavy atom. The number of aryl methyl sites for hydroxylation is 1. The molecule has 5 nitrogen and oxygen atoms in total. The van der Waals surface area contributed by atoms with E-state index in [1.165, 1.54) is 5.56 Å². The summed E-state index contributed by atoms with van der Waals surface area (Å²) in [4.78, 5) is 12.5. The molecule has 0 saturated carbocycles. The summed E-state index contributed by atoms with van der Waals surface area (Å²) in [6, 6.07) is 9.91. The molecule has 1 amide bonds. The molecule has 2 aromatic heterocycles. The van der Waals surface area contributed by atoms with Crippen LogP contribution in [0.25, 0.3) is 11.3 Å². The van der Waals surface area contributed by atoms with E-state index in [0.717, 1.165) is 29.0 Å². The van der Waals surface area contributed by atoms with Crippen LogP contribution in [0.1, 0.15) is 21.6 Å². The molecule has 0 radical (unpaired) electrons. The SMILES string of the molecule is Cn1nc(C(=O)NCCc2ccsc2)c2c1-c1ccccc1OC2. The highest BCUT2D eigenvalue weighted by molar-refractivity contribution is 7.07. The topological polar surface area (TPSA) is 56.2 Å². The van der Waals surface area contributed by atoms with Crippen LogP contribution in [0.4, 0.5) is 0 Å². The number of hydrogen-bond donors (Lipinski definition) is 1. The number of hydrogen-bond acceptors (Lipinski definition) is 4. The number of carbonyl (C=O) groups is 1. The second-order valence-electron chi connectivity index (χ2n) is 5.72. The number of ether oxygens (including phenoxy) is 1. The number of benzene rings is 1. The largest absolute Gasteiger partial charge is 0.488 e. The molecule has 0 fully saturated rings. The molecule has 122 valence electrons. The molecule has 1 aromatic carbocycles. The third-order valence-corrected chi connectivity index (χ3v) is 4.89. The number of rotatable bonds is 4. The van der Waals surface area contributed by atoms with Gasteiger partial charge in [-0.2, -0.15) is 16.4 Å². The van der Waals surface area contributed by atoms with Crippen LogP contribution in [-0.4, -0.2) is 22.2 Å². The third kappa shape index (κ3) is 2.59. The first-order valence-electron chi connectivity index (χ1n) is 7.81. The lowest BCUT2D eigenvalue weighted by Gasteiger charge is -2.18. The van der Waals surface area contributed by atoms with Crippen LogP contribution >= 0.6 is 11.3 Å². The third-order valence-electron chi connectivity index (χ3n) is 4.15. The Morgan fingerprint density at radius 3 is 3.08 bits per heavy atom. The summed E-state index contributed by atoms with van der Waals surface area (Å²) in [6.45, 7) is 0.964. The summed E-state index contributed by atoms with van der Waals surface area (Å²) in [7, 11) is 1.86. The zero-order valence-electron chi connectivity index (χ0n) is 13.3. The van der Waals surface area contributed by atoms with Crippen LogP contribution in [0.3, 0.4) is 0 Å². The maximum absolute atomic E-state index is 12.5. The molecule has 0 spiro atoms. The number of thiophene rings is 1. The second kappa shape index (κ2) is 6.13. The number of aromatic nitrogens is 2. The van der Waals surface area contributed by atoms with Gasteiger partial charge in [0.2, 0.25) is 0 Å². The minimum Gasteiger partial charge on any atom is -0.488 e. The molecule has 3 aromatic rings. The van der Waals surface area contributed by atoms with E-state index in [1.54, 1.807) is 16.0 Å². The Labute approximate surface area is 143 Å². The van der Waals surface area contributed by atoms with Crippen LogP contribution in [0.15, 0.2) is 41.1 Å². The minimum atomic E-state index is -0.148. The Kier molecular flexibility index (Phi) is 3.82. The van der Waals surface area contributed by atoms with Gasteiger partial charge in [-0.05, 0) is 40.9 Å². The van der Waals surface area contributed by atoms with Gasteiger partial charge in [-0.1, -0.05) is 12.1 Å². The molecule has 0 atom stereocenters. The van der Waals surface area contributed by atoms with Crippen molar-refractivity contribution in [1.82, 2.24) is 15.1 Å². The zero-order chi connectivity index (χ0) is 16.5. The van der Waals surface area contributed by atoms with E-state index < -0.39 is 0 Å². The first-order chi connectivity index (χ1) is 11.7. The molecule has 3 heterocycles. The van der Waals surface area contributed by atoms with Crippen molar-refractivity contribution in [3.63, 3.8) is 0 Å². The van der Waals surface area contributed by atoms with E-state index in [-0.39, 0.29) is 5.91 Å². The second-order valence-corrected chi connectivity index (χ2v) is 6.50. The van der Waals surface area contributed by atoms with Crippen molar-refractivity contribution >= 4 is 17.2 Å². The molecule has 0 aliphatic carbocycles. The number of amides is 1. The predicted molar refractivity (Wildman–Crippen MR) is 93.3 cm³/mol. The summed E-state index contributed by atoms with van der Waals surface area (Å²) in [5.41, 5.74) is 4.48. The fourth-order valence-corrected chi connectivity index (χ4v) is 3.70. The summed E-state index contributed by atoms with van der Waals surface area (Å²) in [5.74, 6) is 0.683. The highest BCUT2D eigenvalue weighted by Gasteiger charge is 2.27. The zero-order valence-corrected chi connectivity index (χ0v) is 14.1. The first-order valence-corrected chi connectivity index (χ1v) is 8.75. The van der Waals surface area contributed by atoms with Gasteiger partial charge in [-0.3, -0.25) is 9.48 Å². The number of nitrogens with one attached hydrogen (secondary N) is 1. The van der Waals surface area contributed by atoms with Gasteiger partial charge in [0.15, 0.2) is 5.69 Å². The molecule has 4 rings (SSSR count). The molecule has 0 saturated heterocycles. The highest BCUT2D eigenvalue weighted by atomic mass is 32.1. The first kappa shape index (κ1) is 15.0. The van der Waals surface area contributed by atoms with Gasteiger partial charge in [-0.25, -0.2) is 0 Å². The number of para-hydroxylation sites is 1. The van der Waals surface area contributed by atoms with Crippen LogP contribution in [-0.2, 0) is 20.1 Å².